The van der Waals surface area contributed by atoms with E-state index in [-0.39, 0.29) is 51.0 Å². The molecule has 0 amide bonds. The molecular formula is C28H26Br2CuN2S2. The Morgan fingerprint density at radius 1 is 0.486 bits per heavy atom. The van der Waals surface area contributed by atoms with Gasteiger partial charge < -0.3 is 34.0 Å². The average molecular weight is 678 g/mol. The van der Waals surface area contributed by atoms with E-state index < -0.39 is 0 Å². The van der Waals surface area contributed by atoms with Crippen molar-refractivity contribution in [3.63, 3.8) is 0 Å². The number of nitrogens with zero attached hydrogens (tertiary/aromatic N) is 2. The van der Waals surface area contributed by atoms with Crippen LogP contribution in [0.5, 0.6) is 0 Å². The van der Waals surface area contributed by atoms with E-state index in [1.54, 1.807) is 23.5 Å². The second kappa shape index (κ2) is 19.6. The van der Waals surface area contributed by atoms with Crippen LogP contribution in [0.3, 0.4) is 0 Å². The molecule has 0 aliphatic rings. The van der Waals surface area contributed by atoms with Gasteiger partial charge >= 0.3 is 17.1 Å². The predicted molar refractivity (Wildman–Crippen MR) is 144 cm³/mol. The van der Waals surface area contributed by atoms with Crippen LogP contribution in [0.25, 0.3) is 0 Å². The molecular weight excluding hydrogens is 652 g/mol. The number of hydrogen-bond acceptors (Lipinski definition) is 4. The molecule has 0 spiro atoms. The van der Waals surface area contributed by atoms with E-state index in [4.69, 9.17) is 0 Å². The Morgan fingerprint density at radius 2 is 0.800 bits per heavy atom. The fourth-order valence-electron chi connectivity index (χ4n) is 2.84. The van der Waals surface area contributed by atoms with Gasteiger partial charge in [-0.05, 0) is 47.9 Å². The van der Waals surface area contributed by atoms with E-state index >= 15 is 0 Å². The number of aliphatic imine (C=N–C) groups is 2. The van der Waals surface area contributed by atoms with E-state index in [9.17, 15) is 0 Å². The number of hydrogen-bond donors (Lipinski definition) is 0. The standard InChI is InChI=1S/2C14H13NS.2BrH.Cu/c2*1-16-14-10-6-5-9-13(14)15-11-12-7-3-2-4-8-12;;;/h2*2-11H,1H3;2*1H;/q;;;;+2/p-2. The summed E-state index contributed by atoms with van der Waals surface area (Å²) in [4.78, 5) is 11.4. The third-order valence-electron chi connectivity index (χ3n) is 4.47. The van der Waals surface area contributed by atoms with Crippen molar-refractivity contribution in [2.45, 2.75) is 9.79 Å². The van der Waals surface area contributed by atoms with Crippen molar-refractivity contribution in [3.8, 4) is 0 Å². The largest absolute Gasteiger partial charge is 2.00 e. The molecule has 0 fully saturated rings. The minimum Gasteiger partial charge on any atom is -1.00 e. The molecule has 4 aromatic rings. The van der Waals surface area contributed by atoms with Gasteiger partial charge in [0.05, 0.1) is 11.4 Å². The number of halogens is 2. The molecule has 35 heavy (non-hydrogen) atoms. The predicted octanol–water partition coefficient (Wildman–Crippen LogP) is 2.32. The molecule has 4 aromatic carbocycles. The molecule has 0 heterocycles. The smallest absolute Gasteiger partial charge is 1.00 e. The van der Waals surface area contributed by atoms with Crippen LogP contribution in [0.2, 0.25) is 0 Å². The maximum Gasteiger partial charge on any atom is 2.00 e. The zero-order valence-electron chi connectivity index (χ0n) is 19.3. The van der Waals surface area contributed by atoms with Gasteiger partial charge in [-0.15, -0.1) is 23.5 Å². The molecule has 185 valence electrons. The van der Waals surface area contributed by atoms with E-state index in [0.29, 0.717) is 0 Å². The van der Waals surface area contributed by atoms with Crippen molar-refractivity contribution < 1.29 is 51.0 Å². The molecule has 0 N–H and O–H groups in total. The molecule has 7 heteroatoms. The summed E-state index contributed by atoms with van der Waals surface area (Å²) in [5.74, 6) is 0. The van der Waals surface area contributed by atoms with Gasteiger partial charge in [0.15, 0.2) is 0 Å². The second-order valence-electron chi connectivity index (χ2n) is 6.68. The minimum absolute atomic E-state index is 0. The van der Waals surface area contributed by atoms with Gasteiger partial charge in [-0.1, -0.05) is 84.9 Å². The summed E-state index contributed by atoms with van der Waals surface area (Å²) in [6, 6.07) is 36.6. The average Bonchev–Trinajstić information content (AvgIpc) is 2.88. The Bertz CT molecular complexity index is 1060. The maximum absolute atomic E-state index is 4.50. The number of thioether (sulfide) groups is 2. The molecule has 0 aliphatic heterocycles. The van der Waals surface area contributed by atoms with Gasteiger partial charge in [0, 0.05) is 22.2 Å². The quantitative estimate of drug-likeness (QED) is 0.178. The topological polar surface area (TPSA) is 24.7 Å². The van der Waals surface area contributed by atoms with Gasteiger partial charge in [-0.2, -0.15) is 0 Å². The first-order chi connectivity index (χ1) is 15.8. The summed E-state index contributed by atoms with van der Waals surface area (Å²) in [6.45, 7) is 0. The van der Waals surface area contributed by atoms with Crippen molar-refractivity contribution >= 4 is 47.3 Å². The van der Waals surface area contributed by atoms with Crippen LogP contribution in [0, 0.1) is 0 Å². The third-order valence-corrected chi connectivity index (χ3v) is 6.04. The molecule has 0 bridgehead atoms. The van der Waals surface area contributed by atoms with Crippen molar-refractivity contribution in [2.75, 3.05) is 12.5 Å². The van der Waals surface area contributed by atoms with Crippen LogP contribution >= 0.6 is 23.5 Å². The van der Waals surface area contributed by atoms with Crippen molar-refractivity contribution in [3.05, 3.63) is 120 Å². The van der Waals surface area contributed by atoms with Gasteiger partial charge in [0.25, 0.3) is 0 Å². The first kappa shape index (κ1) is 33.4. The fraction of sp³-hybridized carbons (Fsp3) is 0.0714. The first-order valence-electron chi connectivity index (χ1n) is 10.2. The van der Waals surface area contributed by atoms with Crippen LogP contribution < -0.4 is 34.0 Å². The molecule has 0 aliphatic carbocycles. The Labute approximate surface area is 249 Å². The molecule has 0 saturated heterocycles. The Kier molecular flexibility index (Phi) is 18.7. The van der Waals surface area contributed by atoms with Crippen LogP contribution in [0.15, 0.2) is 129 Å². The van der Waals surface area contributed by atoms with Crippen LogP contribution in [0.1, 0.15) is 11.1 Å². The molecule has 1 radical (unpaired) electrons. The zero-order valence-corrected chi connectivity index (χ0v) is 25.1. The normalized spacial score (nSPS) is 9.89. The van der Waals surface area contributed by atoms with Crippen LogP contribution in [-0.2, 0) is 17.1 Å². The van der Waals surface area contributed by atoms with Gasteiger partial charge in [0.1, 0.15) is 0 Å². The second-order valence-corrected chi connectivity index (χ2v) is 8.38. The third kappa shape index (κ3) is 11.8. The molecule has 2 nitrogen and oxygen atoms in total. The number of rotatable bonds is 6. The zero-order chi connectivity index (χ0) is 22.4. The summed E-state index contributed by atoms with van der Waals surface area (Å²) in [7, 11) is 0. The summed E-state index contributed by atoms with van der Waals surface area (Å²) < 4.78 is 0. The van der Waals surface area contributed by atoms with Crippen molar-refractivity contribution in [1.29, 1.82) is 0 Å². The van der Waals surface area contributed by atoms with Crippen LogP contribution in [0.4, 0.5) is 11.4 Å². The molecule has 0 unspecified atom stereocenters. The van der Waals surface area contributed by atoms with E-state index in [2.05, 4.69) is 34.6 Å². The molecule has 0 atom stereocenters. The molecule has 0 aromatic heterocycles. The van der Waals surface area contributed by atoms with E-state index in [1.165, 1.54) is 9.79 Å². The first-order valence-corrected chi connectivity index (χ1v) is 12.7. The van der Waals surface area contributed by atoms with Crippen LogP contribution in [-0.4, -0.2) is 24.9 Å². The summed E-state index contributed by atoms with van der Waals surface area (Å²) in [6.07, 6.45) is 7.93. The Balaban J connectivity index is 0.000000608. The number of para-hydroxylation sites is 2. The fourth-order valence-corrected chi connectivity index (χ4v) is 3.93. The van der Waals surface area contributed by atoms with Crippen molar-refractivity contribution in [1.82, 2.24) is 0 Å². The summed E-state index contributed by atoms with van der Waals surface area (Å²) >= 11 is 3.43. The summed E-state index contributed by atoms with van der Waals surface area (Å²) in [5.41, 5.74) is 4.30. The van der Waals surface area contributed by atoms with Crippen molar-refractivity contribution in [2.24, 2.45) is 9.98 Å². The SMILES string of the molecule is CSc1ccccc1N=Cc1ccccc1.CSc1ccccc1N=Cc1ccccc1.[Br-].[Br-].[Cu+2]. The Hall–Kier alpha value is -1.60. The molecule has 0 saturated carbocycles. The van der Waals surface area contributed by atoms with E-state index in [1.807, 2.05) is 109 Å². The molecule has 4 rings (SSSR count). The Morgan fingerprint density at radius 3 is 1.14 bits per heavy atom. The monoisotopic (exact) mass is 675 g/mol. The van der Waals surface area contributed by atoms with E-state index in [0.717, 1.165) is 22.5 Å². The maximum atomic E-state index is 4.50. The minimum atomic E-state index is 0. The summed E-state index contributed by atoms with van der Waals surface area (Å²) in [5, 5.41) is 0. The van der Waals surface area contributed by atoms with Gasteiger partial charge in [-0.3, -0.25) is 9.98 Å². The number of benzene rings is 4. The van der Waals surface area contributed by atoms with Gasteiger partial charge in [0.2, 0.25) is 0 Å². The van der Waals surface area contributed by atoms with Gasteiger partial charge in [-0.25, -0.2) is 0 Å².